The molecule has 1 N–H and O–H groups in total. The molecule has 1 unspecified atom stereocenters. The summed E-state index contributed by atoms with van der Waals surface area (Å²) >= 11 is 5.85. The van der Waals surface area contributed by atoms with Gasteiger partial charge < -0.3 is 9.84 Å². The van der Waals surface area contributed by atoms with Crippen molar-refractivity contribution in [2.75, 3.05) is 7.05 Å². The molecule has 0 aliphatic heterocycles. The number of aromatic nitrogens is 2. The average molecular weight is 280 g/mol. The Morgan fingerprint density at radius 1 is 1.32 bits per heavy atom. The normalized spacial score (nSPS) is 12.6. The van der Waals surface area contributed by atoms with Gasteiger partial charge >= 0.3 is 0 Å². The Kier molecular flexibility index (Phi) is 4.93. The van der Waals surface area contributed by atoms with E-state index in [0.29, 0.717) is 22.8 Å². The monoisotopic (exact) mass is 279 g/mol. The van der Waals surface area contributed by atoms with Gasteiger partial charge in [-0.3, -0.25) is 0 Å². The van der Waals surface area contributed by atoms with E-state index in [1.54, 1.807) is 0 Å². The molecule has 0 aliphatic rings. The minimum atomic E-state index is 0.378. The fourth-order valence-electron chi connectivity index (χ4n) is 1.96. The van der Waals surface area contributed by atoms with E-state index in [0.717, 1.165) is 24.8 Å². The van der Waals surface area contributed by atoms with Crippen LogP contribution in [0.2, 0.25) is 5.02 Å². The molecule has 0 amide bonds. The summed E-state index contributed by atoms with van der Waals surface area (Å²) < 4.78 is 5.29. The van der Waals surface area contributed by atoms with Gasteiger partial charge in [0.05, 0.1) is 0 Å². The van der Waals surface area contributed by atoms with Gasteiger partial charge in [-0.05, 0) is 37.7 Å². The second-order valence-electron chi connectivity index (χ2n) is 4.50. The van der Waals surface area contributed by atoms with E-state index in [4.69, 9.17) is 16.1 Å². The van der Waals surface area contributed by atoms with Crippen LogP contribution in [0.1, 0.15) is 25.7 Å². The Hall–Kier alpha value is -1.39. The molecule has 0 radical (unpaired) electrons. The lowest BCUT2D eigenvalue weighted by Gasteiger charge is -2.11. The highest BCUT2D eigenvalue weighted by atomic mass is 35.5. The van der Waals surface area contributed by atoms with Gasteiger partial charge in [0.25, 0.3) is 0 Å². The van der Waals surface area contributed by atoms with Crippen LogP contribution in [-0.4, -0.2) is 23.2 Å². The van der Waals surface area contributed by atoms with Crippen LogP contribution < -0.4 is 5.32 Å². The summed E-state index contributed by atoms with van der Waals surface area (Å²) in [5.41, 5.74) is 0.913. The summed E-state index contributed by atoms with van der Waals surface area (Å²) in [5, 5.41) is 7.97. The number of rotatable bonds is 6. The van der Waals surface area contributed by atoms with Gasteiger partial charge in [0.15, 0.2) is 0 Å². The number of likely N-dealkylation sites (N-methyl/N-ethyl adjacent to an activating group) is 1. The van der Waals surface area contributed by atoms with E-state index in [-0.39, 0.29) is 0 Å². The minimum absolute atomic E-state index is 0.378. The highest BCUT2D eigenvalue weighted by Crippen LogP contribution is 2.19. The maximum absolute atomic E-state index is 5.85. The smallest absolute Gasteiger partial charge is 0.228 e. The van der Waals surface area contributed by atoms with Crippen LogP contribution >= 0.6 is 11.6 Å². The van der Waals surface area contributed by atoms with Crippen molar-refractivity contribution in [1.29, 1.82) is 0 Å². The van der Waals surface area contributed by atoms with Crippen LogP contribution in [-0.2, 0) is 6.42 Å². The molecule has 1 aromatic heterocycles. The number of hydrogen-bond acceptors (Lipinski definition) is 4. The van der Waals surface area contributed by atoms with Crippen LogP contribution in [0.25, 0.3) is 11.4 Å². The Morgan fingerprint density at radius 3 is 2.68 bits per heavy atom. The van der Waals surface area contributed by atoms with E-state index in [9.17, 15) is 0 Å². The number of nitrogens with zero attached hydrogens (tertiary/aromatic N) is 2. The van der Waals surface area contributed by atoms with Crippen LogP contribution in [0.4, 0.5) is 0 Å². The predicted molar refractivity (Wildman–Crippen MR) is 76.2 cm³/mol. The molecule has 19 heavy (non-hydrogen) atoms. The Bertz CT molecular complexity index is 510. The molecular weight excluding hydrogens is 262 g/mol. The fourth-order valence-corrected chi connectivity index (χ4v) is 2.09. The summed E-state index contributed by atoms with van der Waals surface area (Å²) in [7, 11) is 1.96. The third-order valence-corrected chi connectivity index (χ3v) is 3.29. The fraction of sp³-hybridized carbons (Fsp3) is 0.429. The summed E-state index contributed by atoms with van der Waals surface area (Å²) in [6.07, 6.45) is 2.98. The van der Waals surface area contributed by atoms with E-state index < -0.39 is 0 Å². The summed E-state index contributed by atoms with van der Waals surface area (Å²) in [5.74, 6) is 1.27. The van der Waals surface area contributed by atoms with Gasteiger partial charge in [-0.1, -0.05) is 30.1 Å². The van der Waals surface area contributed by atoms with Crippen molar-refractivity contribution in [2.24, 2.45) is 0 Å². The van der Waals surface area contributed by atoms with Crippen molar-refractivity contribution in [3.63, 3.8) is 0 Å². The van der Waals surface area contributed by atoms with Gasteiger partial charge in [-0.2, -0.15) is 4.98 Å². The molecule has 0 bridgehead atoms. The summed E-state index contributed by atoms with van der Waals surface area (Å²) in [6, 6.07) is 7.79. The van der Waals surface area contributed by atoms with Gasteiger partial charge in [0.2, 0.25) is 11.7 Å². The third-order valence-electron chi connectivity index (χ3n) is 3.04. The number of halogens is 1. The first-order valence-electron chi connectivity index (χ1n) is 6.48. The van der Waals surface area contributed by atoms with Gasteiger partial charge in [0, 0.05) is 23.0 Å². The van der Waals surface area contributed by atoms with Crippen LogP contribution in [0.3, 0.4) is 0 Å². The molecular formula is C14H18ClN3O. The molecule has 2 aromatic rings. The molecule has 2 rings (SSSR count). The van der Waals surface area contributed by atoms with Gasteiger partial charge in [-0.15, -0.1) is 0 Å². The molecule has 102 valence electrons. The highest BCUT2D eigenvalue weighted by Gasteiger charge is 2.13. The molecule has 1 aromatic carbocycles. The maximum atomic E-state index is 5.85. The van der Waals surface area contributed by atoms with Crippen molar-refractivity contribution in [2.45, 2.75) is 32.2 Å². The van der Waals surface area contributed by atoms with Crippen molar-refractivity contribution in [1.82, 2.24) is 15.5 Å². The Labute approximate surface area is 118 Å². The maximum Gasteiger partial charge on any atom is 0.228 e. The summed E-state index contributed by atoms with van der Waals surface area (Å²) in [6.45, 7) is 2.16. The zero-order valence-electron chi connectivity index (χ0n) is 11.2. The third kappa shape index (κ3) is 3.78. The zero-order chi connectivity index (χ0) is 13.7. The lowest BCUT2D eigenvalue weighted by atomic mass is 10.1. The van der Waals surface area contributed by atoms with Gasteiger partial charge in [-0.25, -0.2) is 0 Å². The first kappa shape index (κ1) is 14.0. The van der Waals surface area contributed by atoms with E-state index >= 15 is 0 Å². The molecule has 1 heterocycles. The second-order valence-corrected chi connectivity index (χ2v) is 4.93. The quantitative estimate of drug-likeness (QED) is 0.881. The Balaban J connectivity index is 2.08. The van der Waals surface area contributed by atoms with Crippen LogP contribution in [0.15, 0.2) is 28.8 Å². The number of nitrogens with one attached hydrogen (secondary N) is 1. The van der Waals surface area contributed by atoms with Crippen molar-refractivity contribution in [3.8, 4) is 11.4 Å². The minimum Gasteiger partial charge on any atom is -0.339 e. The standard InChI is InChI=1S/C14H18ClN3O/c1-3-4-12(16-2)9-13-17-14(18-19-13)10-5-7-11(15)8-6-10/h5-8,12,16H,3-4,9H2,1-2H3. The highest BCUT2D eigenvalue weighted by molar-refractivity contribution is 6.30. The van der Waals surface area contributed by atoms with Crippen LogP contribution in [0, 0.1) is 0 Å². The molecule has 5 heteroatoms. The average Bonchev–Trinajstić information content (AvgIpc) is 2.87. The molecule has 0 saturated heterocycles. The largest absolute Gasteiger partial charge is 0.339 e. The van der Waals surface area contributed by atoms with E-state index in [1.807, 2.05) is 31.3 Å². The second kappa shape index (κ2) is 6.68. The van der Waals surface area contributed by atoms with Gasteiger partial charge in [0.1, 0.15) is 0 Å². The predicted octanol–water partition coefficient (Wildman–Crippen LogP) is 3.32. The molecule has 0 aliphatic carbocycles. The summed E-state index contributed by atoms with van der Waals surface area (Å²) in [4.78, 5) is 4.42. The molecule has 0 saturated carbocycles. The number of benzene rings is 1. The van der Waals surface area contributed by atoms with E-state index in [1.165, 1.54) is 0 Å². The van der Waals surface area contributed by atoms with Crippen LogP contribution in [0.5, 0.6) is 0 Å². The molecule has 1 atom stereocenters. The molecule has 0 fully saturated rings. The topological polar surface area (TPSA) is 51.0 Å². The lowest BCUT2D eigenvalue weighted by molar-refractivity contribution is 0.356. The number of hydrogen-bond donors (Lipinski definition) is 1. The lowest BCUT2D eigenvalue weighted by Crippen LogP contribution is -2.27. The SMILES string of the molecule is CCCC(Cc1nc(-c2ccc(Cl)cc2)no1)NC. The van der Waals surface area contributed by atoms with Crippen molar-refractivity contribution in [3.05, 3.63) is 35.2 Å². The first-order chi connectivity index (χ1) is 9.22. The van der Waals surface area contributed by atoms with Crippen molar-refractivity contribution >= 4 is 11.6 Å². The zero-order valence-corrected chi connectivity index (χ0v) is 11.9. The first-order valence-corrected chi connectivity index (χ1v) is 6.86. The molecule has 0 spiro atoms. The molecule has 4 nitrogen and oxygen atoms in total. The van der Waals surface area contributed by atoms with Crippen molar-refractivity contribution < 1.29 is 4.52 Å². The van der Waals surface area contributed by atoms with E-state index in [2.05, 4.69) is 22.4 Å². The Morgan fingerprint density at radius 2 is 2.05 bits per heavy atom.